The molecule has 3 rings (SSSR count). The maximum absolute atomic E-state index is 12.2. The molecule has 0 N–H and O–H groups in total. The van der Waals surface area contributed by atoms with Crippen molar-refractivity contribution in [3.63, 3.8) is 0 Å². The van der Waals surface area contributed by atoms with E-state index in [1.807, 2.05) is 36.4 Å². The first kappa shape index (κ1) is 11.2. The van der Waals surface area contributed by atoms with Gasteiger partial charge in [-0.1, -0.05) is 29.8 Å². The Morgan fingerprint density at radius 2 is 2.11 bits per heavy atom. The number of allylic oxidation sites excluding steroid dienone is 1. The summed E-state index contributed by atoms with van der Waals surface area (Å²) in [7, 11) is 0. The van der Waals surface area contributed by atoms with Gasteiger partial charge in [-0.15, -0.1) is 0 Å². The molecule has 1 aromatic carbocycles. The molecule has 88 valence electrons. The zero-order valence-electron chi connectivity index (χ0n) is 9.56. The van der Waals surface area contributed by atoms with Crippen LogP contribution in [-0.4, -0.2) is 10.8 Å². The van der Waals surface area contributed by atoms with Gasteiger partial charge in [-0.25, -0.2) is 0 Å². The van der Waals surface area contributed by atoms with Gasteiger partial charge >= 0.3 is 0 Å². The molecule has 0 unspecified atom stereocenters. The Kier molecular flexibility index (Phi) is 2.73. The first-order chi connectivity index (χ1) is 8.75. The second kappa shape index (κ2) is 4.39. The number of carbonyl (C=O) groups excluding carboxylic acids is 1. The van der Waals surface area contributed by atoms with Crippen LogP contribution in [0.4, 0.5) is 0 Å². The molecular weight excluding hydrogens is 246 g/mol. The number of hydrogen-bond donors (Lipinski definition) is 0. The highest BCUT2D eigenvalue weighted by molar-refractivity contribution is 6.33. The van der Waals surface area contributed by atoms with Gasteiger partial charge in [0.05, 0.1) is 0 Å². The lowest BCUT2D eigenvalue weighted by Crippen LogP contribution is -1.95. The summed E-state index contributed by atoms with van der Waals surface area (Å²) in [5.74, 6) is 0.0661. The highest BCUT2D eigenvalue weighted by Crippen LogP contribution is 2.32. The summed E-state index contributed by atoms with van der Waals surface area (Å²) >= 11 is 6.11. The van der Waals surface area contributed by atoms with E-state index >= 15 is 0 Å². The van der Waals surface area contributed by atoms with E-state index < -0.39 is 0 Å². The molecule has 1 aromatic heterocycles. The van der Waals surface area contributed by atoms with Crippen molar-refractivity contribution in [1.29, 1.82) is 0 Å². The van der Waals surface area contributed by atoms with Gasteiger partial charge in [-0.2, -0.15) is 0 Å². The van der Waals surface area contributed by atoms with Crippen molar-refractivity contribution in [3.05, 3.63) is 70.0 Å². The quantitative estimate of drug-likeness (QED) is 0.730. The largest absolute Gasteiger partial charge is 0.289 e. The van der Waals surface area contributed by atoms with Crippen LogP contribution in [0.25, 0.3) is 6.08 Å². The van der Waals surface area contributed by atoms with E-state index in [9.17, 15) is 4.79 Å². The third kappa shape index (κ3) is 1.85. The fraction of sp³-hybridized carbons (Fsp3) is 0.0667. The third-order valence-electron chi connectivity index (χ3n) is 3.05. The number of aromatic nitrogens is 1. The van der Waals surface area contributed by atoms with Crippen molar-refractivity contribution in [2.24, 2.45) is 0 Å². The topological polar surface area (TPSA) is 30.0 Å². The van der Waals surface area contributed by atoms with Crippen LogP contribution in [0.1, 0.15) is 21.5 Å². The predicted molar refractivity (Wildman–Crippen MR) is 71.7 cm³/mol. The van der Waals surface area contributed by atoms with Gasteiger partial charge in [0.1, 0.15) is 0 Å². The number of benzene rings is 1. The second-order valence-electron chi connectivity index (χ2n) is 4.23. The van der Waals surface area contributed by atoms with Gasteiger partial charge in [0, 0.05) is 35.0 Å². The minimum atomic E-state index is 0.0661. The van der Waals surface area contributed by atoms with Crippen LogP contribution in [0.5, 0.6) is 0 Å². The molecule has 3 heteroatoms. The summed E-state index contributed by atoms with van der Waals surface area (Å²) in [6, 6.07) is 9.24. The standard InChI is InChI=1S/C15H10ClNO/c16-14-5-1-4-12-13(14)8-11(15(12)18)7-10-3-2-6-17-9-10/h1-7,9H,8H2. The highest BCUT2D eigenvalue weighted by Gasteiger charge is 2.26. The number of fused-ring (bicyclic) bond motifs is 1. The molecular formula is C15H10ClNO. The van der Waals surface area contributed by atoms with Gasteiger partial charge in [0.2, 0.25) is 0 Å². The summed E-state index contributed by atoms with van der Waals surface area (Å²) in [6.45, 7) is 0. The highest BCUT2D eigenvalue weighted by atomic mass is 35.5. The van der Waals surface area contributed by atoms with Crippen molar-refractivity contribution >= 4 is 23.5 Å². The lowest BCUT2D eigenvalue weighted by atomic mass is 10.1. The van der Waals surface area contributed by atoms with Gasteiger partial charge in [0.25, 0.3) is 0 Å². The maximum atomic E-state index is 12.2. The molecule has 0 saturated heterocycles. The lowest BCUT2D eigenvalue weighted by molar-refractivity contribution is 0.104. The Labute approximate surface area is 110 Å². The lowest BCUT2D eigenvalue weighted by Gasteiger charge is -1.97. The Morgan fingerprint density at radius 3 is 2.83 bits per heavy atom. The molecule has 0 amide bonds. The fourth-order valence-electron chi connectivity index (χ4n) is 2.17. The van der Waals surface area contributed by atoms with Crippen molar-refractivity contribution in [1.82, 2.24) is 4.98 Å². The monoisotopic (exact) mass is 255 g/mol. The Hall–Kier alpha value is -1.93. The molecule has 0 saturated carbocycles. The van der Waals surface area contributed by atoms with E-state index in [1.54, 1.807) is 12.4 Å². The van der Waals surface area contributed by atoms with E-state index in [1.165, 1.54) is 0 Å². The molecule has 0 aliphatic heterocycles. The summed E-state index contributed by atoms with van der Waals surface area (Å²) in [4.78, 5) is 16.2. The molecule has 0 radical (unpaired) electrons. The number of nitrogens with zero attached hydrogens (tertiary/aromatic N) is 1. The molecule has 0 bridgehead atoms. The Balaban J connectivity index is 2.03. The number of ketones is 1. The molecule has 1 aliphatic rings. The van der Waals surface area contributed by atoms with Crippen molar-refractivity contribution in [2.75, 3.05) is 0 Å². The van der Waals surface area contributed by atoms with Crippen LogP contribution in [0.2, 0.25) is 5.02 Å². The minimum absolute atomic E-state index is 0.0661. The summed E-state index contributed by atoms with van der Waals surface area (Å²) in [5.41, 5.74) is 3.35. The van der Waals surface area contributed by atoms with Crippen LogP contribution < -0.4 is 0 Å². The van der Waals surface area contributed by atoms with E-state index in [2.05, 4.69) is 4.98 Å². The zero-order chi connectivity index (χ0) is 12.5. The predicted octanol–water partition coefficient (Wildman–Crippen LogP) is 3.56. The molecule has 2 aromatic rings. The number of hydrogen-bond acceptors (Lipinski definition) is 2. The van der Waals surface area contributed by atoms with Gasteiger partial charge in [-0.3, -0.25) is 9.78 Å². The van der Waals surface area contributed by atoms with E-state index in [0.29, 0.717) is 11.4 Å². The Morgan fingerprint density at radius 1 is 1.22 bits per heavy atom. The minimum Gasteiger partial charge on any atom is -0.289 e. The van der Waals surface area contributed by atoms with Crippen LogP contribution in [0.3, 0.4) is 0 Å². The number of Topliss-reactive ketones (excluding diaryl/α,β-unsaturated/α-hetero) is 1. The van der Waals surface area contributed by atoms with E-state index in [0.717, 1.165) is 22.3 Å². The number of halogens is 1. The molecule has 0 spiro atoms. The maximum Gasteiger partial charge on any atom is 0.189 e. The van der Waals surface area contributed by atoms with E-state index in [-0.39, 0.29) is 5.78 Å². The smallest absolute Gasteiger partial charge is 0.189 e. The average molecular weight is 256 g/mol. The average Bonchev–Trinajstić information content (AvgIpc) is 2.70. The number of carbonyl (C=O) groups is 1. The van der Waals surface area contributed by atoms with Crippen LogP contribution in [-0.2, 0) is 6.42 Å². The van der Waals surface area contributed by atoms with Crippen molar-refractivity contribution in [2.45, 2.75) is 6.42 Å². The molecule has 0 fully saturated rings. The van der Waals surface area contributed by atoms with Gasteiger partial charge < -0.3 is 0 Å². The molecule has 18 heavy (non-hydrogen) atoms. The summed E-state index contributed by atoms with van der Waals surface area (Å²) < 4.78 is 0. The zero-order valence-corrected chi connectivity index (χ0v) is 10.3. The van der Waals surface area contributed by atoms with E-state index in [4.69, 9.17) is 11.6 Å². The van der Waals surface area contributed by atoms with Gasteiger partial charge in [0.15, 0.2) is 5.78 Å². The normalized spacial score (nSPS) is 16.1. The SMILES string of the molecule is O=C1C(=Cc2cccnc2)Cc2c(Cl)cccc21. The van der Waals surface area contributed by atoms with Crippen molar-refractivity contribution in [3.8, 4) is 0 Å². The summed E-state index contributed by atoms with van der Waals surface area (Å²) in [6.07, 6.45) is 5.93. The molecule has 1 heterocycles. The molecule has 2 nitrogen and oxygen atoms in total. The third-order valence-corrected chi connectivity index (χ3v) is 3.40. The number of rotatable bonds is 1. The van der Waals surface area contributed by atoms with Crippen LogP contribution in [0.15, 0.2) is 48.3 Å². The number of pyridine rings is 1. The molecule has 1 aliphatic carbocycles. The summed E-state index contributed by atoms with van der Waals surface area (Å²) in [5, 5.41) is 0.662. The first-order valence-electron chi connectivity index (χ1n) is 5.68. The van der Waals surface area contributed by atoms with Crippen LogP contribution in [0, 0.1) is 0 Å². The molecule has 0 atom stereocenters. The van der Waals surface area contributed by atoms with Gasteiger partial charge in [-0.05, 0) is 29.3 Å². The second-order valence-corrected chi connectivity index (χ2v) is 4.63. The van der Waals surface area contributed by atoms with Crippen molar-refractivity contribution < 1.29 is 4.79 Å². The fourth-order valence-corrected chi connectivity index (χ4v) is 2.42. The van der Waals surface area contributed by atoms with Crippen LogP contribution >= 0.6 is 11.6 Å². The Bertz CT molecular complexity index is 647. The first-order valence-corrected chi connectivity index (χ1v) is 6.06.